The largest absolute Gasteiger partial charge is 0.396 e. The molecule has 27 heavy (non-hydrogen) atoms. The summed E-state index contributed by atoms with van der Waals surface area (Å²) in [5.41, 5.74) is 2.95. The molecule has 1 aromatic rings. The summed E-state index contributed by atoms with van der Waals surface area (Å²) in [6.45, 7) is 5.52. The second kappa shape index (κ2) is 7.18. The van der Waals surface area contributed by atoms with Gasteiger partial charge < -0.3 is 19.9 Å². The van der Waals surface area contributed by atoms with Gasteiger partial charge in [-0.2, -0.15) is 5.10 Å². The van der Waals surface area contributed by atoms with Crippen LogP contribution in [0.4, 0.5) is 0 Å². The molecule has 2 saturated carbocycles. The SMILES string of the molecule is COCCn1nc(C(=O)NC2CC3(CC(CO)C3)C2)c2c1[C@H](C)O[C@H](C)C2. The van der Waals surface area contributed by atoms with E-state index in [-0.39, 0.29) is 24.2 Å². The molecule has 0 saturated heterocycles. The van der Waals surface area contributed by atoms with Gasteiger partial charge in [0.1, 0.15) is 0 Å². The molecule has 1 spiro atoms. The lowest BCUT2D eigenvalue weighted by Crippen LogP contribution is -2.56. The molecule has 2 aliphatic carbocycles. The van der Waals surface area contributed by atoms with Crippen molar-refractivity contribution in [2.75, 3.05) is 20.3 Å². The van der Waals surface area contributed by atoms with E-state index in [0.29, 0.717) is 43.2 Å². The highest BCUT2D eigenvalue weighted by Crippen LogP contribution is 2.58. The van der Waals surface area contributed by atoms with E-state index in [2.05, 4.69) is 10.4 Å². The lowest BCUT2D eigenvalue weighted by atomic mass is 9.50. The fraction of sp³-hybridized carbons (Fsp3) is 0.800. The van der Waals surface area contributed by atoms with Gasteiger partial charge >= 0.3 is 0 Å². The highest BCUT2D eigenvalue weighted by Gasteiger charge is 2.53. The zero-order valence-electron chi connectivity index (χ0n) is 16.5. The number of ether oxygens (including phenoxy) is 2. The van der Waals surface area contributed by atoms with E-state index in [4.69, 9.17) is 9.47 Å². The maximum absolute atomic E-state index is 13.0. The molecule has 7 nitrogen and oxygen atoms in total. The van der Waals surface area contributed by atoms with Crippen LogP contribution in [-0.4, -0.2) is 53.3 Å². The van der Waals surface area contributed by atoms with Crippen molar-refractivity contribution in [2.24, 2.45) is 11.3 Å². The van der Waals surface area contributed by atoms with Gasteiger partial charge in [0.2, 0.25) is 0 Å². The van der Waals surface area contributed by atoms with Crippen LogP contribution in [0, 0.1) is 11.3 Å². The van der Waals surface area contributed by atoms with E-state index in [9.17, 15) is 9.90 Å². The molecule has 2 fully saturated rings. The van der Waals surface area contributed by atoms with Crippen LogP contribution >= 0.6 is 0 Å². The molecule has 3 aliphatic rings. The van der Waals surface area contributed by atoms with Crippen molar-refractivity contribution in [1.82, 2.24) is 15.1 Å². The van der Waals surface area contributed by atoms with E-state index in [1.54, 1.807) is 7.11 Å². The third-order valence-corrected chi connectivity index (χ3v) is 6.52. The number of aliphatic hydroxyl groups excluding tert-OH is 1. The van der Waals surface area contributed by atoms with Crippen LogP contribution in [0.5, 0.6) is 0 Å². The molecule has 4 rings (SSSR count). The molecule has 0 radical (unpaired) electrons. The van der Waals surface area contributed by atoms with Crippen LogP contribution in [0.2, 0.25) is 0 Å². The Kier molecular flexibility index (Phi) is 5.03. The van der Waals surface area contributed by atoms with Gasteiger partial charge in [0, 0.05) is 31.7 Å². The number of fused-ring (bicyclic) bond motifs is 1. The first kappa shape index (κ1) is 18.9. The molecule has 150 valence electrons. The Morgan fingerprint density at radius 1 is 1.37 bits per heavy atom. The number of rotatable bonds is 6. The topological polar surface area (TPSA) is 85.6 Å². The third-order valence-electron chi connectivity index (χ3n) is 6.52. The van der Waals surface area contributed by atoms with E-state index < -0.39 is 0 Å². The summed E-state index contributed by atoms with van der Waals surface area (Å²) in [5, 5.41) is 17.0. The standard InChI is InChI=1S/C20H31N3O4/c1-12-6-16-17(22-23(4-5-26-3)18(16)13(2)27-12)19(25)21-15-9-20(10-15)7-14(8-20)11-24/h12-15,24H,4-11H2,1-3H3,(H,21,25)/t12-,13+,14?,15?,20?/m1/s1. The number of carbonyl (C=O) groups is 1. The summed E-state index contributed by atoms with van der Waals surface area (Å²) in [6, 6.07) is 0.228. The quantitative estimate of drug-likeness (QED) is 0.790. The predicted octanol–water partition coefficient (Wildman–Crippen LogP) is 1.83. The summed E-state index contributed by atoms with van der Waals surface area (Å²) in [4.78, 5) is 13.0. The highest BCUT2D eigenvalue weighted by atomic mass is 16.5. The third kappa shape index (κ3) is 3.41. The van der Waals surface area contributed by atoms with Crippen molar-refractivity contribution in [3.63, 3.8) is 0 Å². The molecule has 2 N–H and O–H groups in total. The monoisotopic (exact) mass is 377 g/mol. The summed E-state index contributed by atoms with van der Waals surface area (Å²) >= 11 is 0. The van der Waals surface area contributed by atoms with Crippen molar-refractivity contribution in [2.45, 2.75) is 70.7 Å². The second-order valence-electron chi connectivity index (χ2n) is 8.76. The van der Waals surface area contributed by atoms with Crippen LogP contribution in [0.25, 0.3) is 0 Å². The fourth-order valence-corrected chi connectivity index (χ4v) is 5.42. The van der Waals surface area contributed by atoms with Crippen LogP contribution in [0.15, 0.2) is 0 Å². The first-order valence-corrected chi connectivity index (χ1v) is 10.1. The average molecular weight is 377 g/mol. The lowest BCUT2D eigenvalue weighted by molar-refractivity contribution is -0.0644. The van der Waals surface area contributed by atoms with E-state index in [0.717, 1.165) is 36.9 Å². The van der Waals surface area contributed by atoms with Crippen molar-refractivity contribution in [3.8, 4) is 0 Å². The molecule has 1 amide bonds. The maximum Gasteiger partial charge on any atom is 0.272 e. The number of amides is 1. The zero-order chi connectivity index (χ0) is 19.2. The summed E-state index contributed by atoms with van der Waals surface area (Å²) in [6.07, 6.45) is 4.97. The number of hydrogen-bond donors (Lipinski definition) is 2. The first-order valence-electron chi connectivity index (χ1n) is 10.1. The summed E-state index contributed by atoms with van der Waals surface area (Å²) < 4.78 is 13.0. The van der Waals surface area contributed by atoms with Gasteiger partial charge in [0.15, 0.2) is 5.69 Å². The Hall–Kier alpha value is -1.44. The van der Waals surface area contributed by atoms with Crippen molar-refractivity contribution >= 4 is 5.91 Å². The van der Waals surface area contributed by atoms with Crippen molar-refractivity contribution < 1.29 is 19.4 Å². The Morgan fingerprint density at radius 3 is 2.78 bits per heavy atom. The number of nitrogens with one attached hydrogen (secondary N) is 1. The van der Waals surface area contributed by atoms with Crippen LogP contribution in [0.1, 0.15) is 67.4 Å². The molecule has 0 bridgehead atoms. The average Bonchev–Trinajstić information content (AvgIpc) is 2.92. The van der Waals surface area contributed by atoms with E-state index >= 15 is 0 Å². The molecule has 2 atom stereocenters. The van der Waals surface area contributed by atoms with Gasteiger partial charge in [-0.3, -0.25) is 9.48 Å². The van der Waals surface area contributed by atoms with Gasteiger partial charge in [-0.25, -0.2) is 0 Å². The molecule has 1 aromatic heterocycles. The Morgan fingerprint density at radius 2 is 2.11 bits per heavy atom. The smallest absolute Gasteiger partial charge is 0.272 e. The summed E-state index contributed by atoms with van der Waals surface area (Å²) in [5.74, 6) is 0.398. The molecule has 1 aliphatic heterocycles. The van der Waals surface area contributed by atoms with Gasteiger partial charge in [0.25, 0.3) is 5.91 Å². The molecule has 7 heteroatoms. The van der Waals surface area contributed by atoms with Crippen LogP contribution in [0.3, 0.4) is 0 Å². The first-order chi connectivity index (χ1) is 12.9. The Labute approximate surface area is 160 Å². The molecular weight excluding hydrogens is 346 g/mol. The van der Waals surface area contributed by atoms with Crippen LogP contribution < -0.4 is 5.32 Å². The molecule has 0 unspecified atom stereocenters. The highest BCUT2D eigenvalue weighted by molar-refractivity contribution is 5.94. The molecular formula is C20H31N3O4. The number of aliphatic hydroxyl groups is 1. The van der Waals surface area contributed by atoms with E-state index in [1.165, 1.54) is 0 Å². The van der Waals surface area contributed by atoms with Gasteiger partial charge in [-0.1, -0.05) is 0 Å². The van der Waals surface area contributed by atoms with Gasteiger partial charge in [0.05, 0.1) is 31.1 Å². The number of hydrogen-bond acceptors (Lipinski definition) is 5. The normalized spacial score (nSPS) is 34.7. The minimum Gasteiger partial charge on any atom is -0.396 e. The van der Waals surface area contributed by atoms with Gasteiger partial charge in [-0.05, 0) is 50.9 Å². The minimum atomic E-state index is -0.0768. The number of nitrogens with zero attached hydrogens (tertiary/aromatic N) is 2. The summed E-state index contributed by atoms with van der Waals surface area (Å²) in [7, 11) is 1.67. The second-order valence-corrected chi connectivity index (χ2v) is 8.76. The van der Waals surface area contributed by atoms with Crippen molar-refractivity contribution in [3.05, 3.63) is 17.0 Å². The Balaban J connectivity index is 1.46. The zero-order valence-corrected chi connectivity index (χ0v) is 16.5. The number of methoxy groups -OCH3 is 1. The van der Waals surface area contributed by atoms with Crippen molar-refractivity contribution in [1.29, 1.82) is 0 Å². The minimum absolute atomic E-state index is 0.0680. The lowest BCUT2D eigenvalue weighted by Gasteiger charge is -2.57. The molecule has 0 aromatic carbocycles. The number of carbonyl (C=O) groups excluding carboxylic acids is 1. The van der Waals surface area contributed by atoms with Crippen LogP contribution in [-0.2, 0) is 22.4 Å². The van der Waals surface area contributed by atoms with E-state index in [1.807, 2.05) is 18.5 Å². The molecule has 2 heterocycles. The fourth-order valence-electron chi connectivity index (χ4n) is 5.42. The predicted molar refractivity (Wildman–Crippen MR) is 99.5 cm³/mol. The Bertz CT molecular complexity index is 702. The number of aromatic nitrogens is 2. The maximum atomic E-state index is 13.0. The van der Waals surface area contributed by atoms with Gasteiger partial charge in [-0.15, -0.1) is 0 Å².